The van der Waals surface area contributed by atoms with Crippen molar-refractivity contribution in [1.82, 2.24) is 15.0 Å². The third-order valence-electron chi connectivity index (χ3n) is 2.21. The van der Waals surface area contributed by atoms with E-state index >= 15 is 0 Å². The zero-order valence-corrected chi connectivity index (χ0v) is 10.7. The third-order valence-corrected chi connectivity index (χ3v) is 2.94. The molecule has 0 amide bonds. The predicted octanol–water partition coefficient (Wildman–Crippen LogP) is 2.38. The van der Waals surface area contributed by atoms with E-state index in [4.69, 9.17) is 0 Å². The van der Waals surface area contributed by atoms with E-state index in [-0.39, 0.29) is 0 Å². The molecule has 0 saturated heterocycles. The molecule has 0 bridgehead atoms. The number of nitrogens with one attached hydrogen (secondary N) is 1. The van der Waals surface area contributed by atoms with E-state index < -0.39 is 11.2 Å². The van der Waals surface area contributed by atoms with E-state index in [1.807, 2.05) is 42.5 Å². The Kier molecular flexibility index (Phi) is 4.33. The maximum Gasteiger partial charge on any atom is 0.321 e. The number of imidazole rings is 1. The fourth-order valence-electron chi connectivity index (χ4n) is 1.38. The lowest BCUT2D eigenvalue weighted by Gasteiger charge is -1.95. The zero-order valence-electron chi connectivity index (χ0n) is 9.91. The maximum atomic E-state index is 11.0. The van der Waals surface area contributed by atoms with Crippen LogP contribution in [0, 0.1) is 0 Å². The van der Waals surface area contributed by atoms with Crippen LogP contribution in [-0.2, 0) is 11.2 Å². The van der Waals surface area contributed by atoms with Gasteiger partial charge in [-0.3, -0.25) is 9.97 Å². The monoisotopic (exact) mass is 259 g/mol. The van der Waals surface area contributed by atoms with Crippen molar-refractivity contribution in [1.29, 1.82) is 0 Å². The normalized spacial score (nSPS) is 11.7. The summed E-state index contributed by atoms with van der Waals surface area (Å²) in [6.07, 6.45) is 5.11. The zero-order chi connectivity index (χ0) is 12.8. The number of hydrogen-bond donors (Lipinski definition) is 1. The van der Waals surface area contributed by atoms with Gasteiger partial charge in [-0.1, -0.05) is 18.2 Å². The molecule has 1 aromatic carbocycles. The van der Waals surface area contributed by atoms with Gasteiger partial charge in [0.25, 0.3) is 0 Å². The quantitative estimate of drug-likeness (QED) is 0.682. The first-order valence-electron chi connectivity index (χ1n) is 5.40. The minimum Gasteiger partial charge on any atom is -0.609 e. The van der Waals surface area contributed by atoms with Crippen LogP contribution < -0.4 is 0 Å². The number of fused-ring (bicyclic) bond motifs is 1. The highest BCUT2D eigenvalue weighted by Gasteiger charge is 2.09. The SMILES string of the molecule is C[S+]([O-])c1nc2ccccc2[nH]1.c1ccncc1. The molecule has 3 aromatic rings. The van der Waals surface area contributed by atoms with Crippen molar-refractivity contribution in [3.63, 3.8) is 0 Å². The van der Waals surface area contributed by atoms with Gasteiger partial charge < -0.3 is 4.55 Å². The lowest BCUT2D eigenvalue weighted by molar-refractivity contribution is 0.594. The second-order valence-corrected chi connectivity index (χ2v) is 4.83. The van der Waals surface area contributed by atoms with Crippen molar-refractivity contribution in [2.24, 2.45) is 0 Å². The molecule has 18 heavy (non-hydrogen) atoms. The molecule has 0 fully saturated rings. The number of hydrogen-bond acceptors (Lipinski definition) is 3. The van der Waals surface area contributed by atoms with Gasteiger partial charge in [0.15, 0.2) is 0 Å². The summed E-state index contributed by atoms with van der Waals surface area (Å²) in [5, 5.41) is 0.538. The number of benzene rings is 1. The number of pyridine rings is 1. The molecule has 3 rings (SSSR count). The van der Waals surface area contributed by atoms with Gasteiger partial charge in [0.2, 0.25) is 0 Å². The van der Waals surface area contributed by atoms with Crippen molar-refractivity contribution in [3.05, 3.63) is 54.9 Å². The van der Waals surface area contributed by atoms with Crippen molar-refractivity contribution in [3.8, 4) is 0 Å². The molecular weight excluding hydrogens is 246 g/mol. The number of aromatic nitrogens is 3. The number of H-pyrrole nitrogens is 1. The molecule has 0 radical (unpaired) electrons. The minimum absolute atomic E-state index is 0.538. The second kappa shape index (κ2) is 6.18. The fourth-order valence-corrected chi connectivity index (χ4v) is 1.86. The third kappa shape index (κ3) is 3.32. The van der Waals surface area contributed by atoms with Crippen LogP contribution in [0.3, 0.4) is 0 Å². The number of aromatic amines is 1. The summed E-state index contributed by atoms with van der Waals surface area (Å²) in [6, 6.07) is 13.3. The molecular formula is C13H13N3OS. The molecule has 4 nitrogen and oxygen atoms in total. The van der Waals surface area contributed by atoms with Crippen LogP contribution in [0.15, 0.2) is 60.0 Å². The Morgan fingerprint density at radius 1 is 1.06 bits per heavy atom. The first kappa shape index (κ1) is 12.6. The Morgan fingerprint density at radius 2 is 1.78 bits per heavy atom. The van der Waals surface area contributed by atoms with Gasteiger partial charge in [-0.25, -0.2) is 0 Å². The van der Waals surface area contributed by atoms with Crippen molar-refractivity contribution >= 4 is 22.2 Å². The van der Waals surface area contributed by atoms with Crippen molar-refractivity contribution in [2.75, 3.05) is 6.26 Å². The Bertz CT molecular complexity index is 536. The lowest BCUT2D eigenvalue weighted by Crippen LogP contribution is -1.98. The number of para-hydroxylation sites is 2. The van der Waals surface area contributed by atoms with Gasteiger partial charge in [-0.2, -0.15) is 4.98 Å². The summed E-state index contributed by atoms with van der Waals surface area (Å²) >= 11 is -1.03. The largest absolute Gasteiger partial charge is 0.609 e. The Balaban J connectivity index is 0.000000169. The van der Waals surface area contributed by atoms with Gasteiger partial charge in [-0.15, -0.1) is 0 Å². The Hall–Kier alpha value is -1.85. The van der Waals surface area contributed by atoms with Crippen LogP contribution in [0.2, 0.25) is 0 Å². The first-order chi connectivity index (χ1) is 8.77. The van der Waals surface area contributed by atoms with Crippen LogP contribution in [0.1, 0.15) is 0 Å². The van der Waals surface area contributed by atoms with E-state index in [9.17, 15) is 4.55 Å². The highest BCUT2D eigenvalue weighted by molar-refractivity contribution is 7.90. The number of rotatable bonds is 1. The second-order valence-electron chi connectivity index (χ2n) is 3.54. The molecule has 2 heterocycles. The Labute approximate surface area is 108 Å². The average molecular weight is 259 g/mol. The Morgan fingerprint density at radius 3 is 2.28 bits per heavy atom. The molecule has 5 heteroatoms. The molecule has 2 aromatic heterocycles. The van der Waals surface area contributed by atoms with Crippen LogP contribution in [0.25, 0.3) is 11.0 Å². The van der Waals surface area contributed by atoms with E-state index in [0.717, 1.165) is 11.0 Å². The highest BCUT2D eigenvalue weighted by Crippen LogP contribution is 2.12. The van der Waals surface area contributed by atoms with Gasteiger partial charge >= 0.3 is 5.16 Å². The smallest absolute Gasteiger partial charge is 0.321 e. The standard InChI is InChI=1S/C8H8N2OS.C5H5N/c1-12(11)8-9-6-4-2-3-5-7(6)10-8;1-2-4-6-5-3-1/h2-5H,1H3,(H,9,10);1-5H. The highest BCUT2D eigenvalue weighted by atomic mass is 32.2. The summed E-state index contributed by atoms with van der Waals surface area (Å²) in [6.45, 7) is 0. The van der Waals surface area contributed by atoms with Gasteiger partial charge in [0, 0.05) is 23.6 Å². The van der Waals surface area contributed by atoms with Gasteiger partial charge in [0.1, 0.15) is 6.26 Å². The van der Waals surface area contributed by atoms with Gasteiger partial charge in [0.05, 0.1) is 11.0 Å². The summed E-state index contributed by atoms with van der Waals surface area (Å²) in [5.74, 6) is 0. The minimum atomic E-state index is -1.03. The molecule has 1 unspecified atom stereocenters. The summed E-state index contributed by atoms with van der Waals surface area (Å²) in [4.78, 5) is 10.9. The van der Waals surface area contributed by atoms with Crippen molar-refractivity contribution in [2.45, 2.75) is 5.16 Å². The summed E-state index contributed by atoms with van der Waals surface area (Å²) in [5.41, 5.74) is 1.80. The predicted molar refractivity (Wildman–Crippen MR) is 72.7 cm³/mol. The fraction of sp³-hybridized carbons (Fsp3) is 0.0769. The van der Waals surface area contributed by atoms with Crippen LogP contribution >= 0.6 is 0 Å². The van der Waals surface area contributed by atoms with Crippen LogP contribution in [0.4, 0.5) is 0 Å². The van der Waals surface area contributed by atoms with E-state index in [2.05, 4.69) is 15.0 Å². The molecule has 0 spiro atoms. The molecule has 0 aliphatic rings. The molecule has 0 aliphatic carbocycles. The molecule has 0 aliphatic heterocycles. The molecule has 1 atom stereocenters. The first-order valence-corrected chi connectivity index (χ1v) is 6.96. The maximum absolute atomic E-state index is 11.0. The van der Waals surface area contributed by atoms with E-state index in [0.29, 0.717) is 5.16 Å². The summed E-state index contributed by atoms with van der Waals surface area (Å²) < 4.78 is 11.0. The number of nitrogens with zero attached hydrogens (tertiary/aromatic N) is 2. The molecule has 1 N–H and O–H groups in total. The topological polar surface area (TPSA) is 64.6 Å². The van der Waals surface area contributed by atoms with E-state index in [1.54, 1.807) is 18.6 Å². The molecule has 92 valence electrons. The van der Waals surface area contributed by atoms with E-state index in [1.165, 1.54) is 0 Å². The summed E-state index contributed by atoms with van der Waals surface area (Å²) in [7, 11) is 0. The van der Waals surface area contributed by atoms with Crippen LogP contribution in [-0.4, -0.2) is 25.8 Å². The van der Waals surface area contributed by atoms with Crippen LogP contribution in [0.5, 0.6) is 0 Å². The average Bonchev–Trinajstić information content (AvgIpc) is 2.85. The lowest BCUT2D eigenvalue weighted by atomic mass is 10.3. The van der Waals surface area contributed by atoms with Crippen molar-refractivity contribution < 1.29 is 4.55 Å². The molecule has 0 saturated carbocycles. The van der Waals surface area contributed by atoms with Gasteiger partial charge in [-0.05, 0) is 24.3 Å².